The third-order valence-corrected chi connectivity index (χ3v) is 3.15. The van der Waals surface area contributed by atoms with Crippen molar-refractivity contribution >= 4 is 5.97 Å². The van der Waals surface area contributed by atoms with Crippen molar-refractivity contribution < 1.29 is 9.90 Å². The van der Waals surface area contributed by atoms with Gasteiger partial charge in [0.05, 0.1) is 5.56 Å². The highest BCUT2D eigenvalue weighted by Gasteiger charge is 2.16. The summed E-state index contributed by atoms with van der Waals surface area (Å²) in [5.41, 5.74) is 7.40. The molecule has 3 N–H and O–H groups in total. The third-order valence-electron chi connectivity index (χ3n) is 3.15. The molecule has 1 heterocycles. The van der Waals surface area contributed by atoms with E-state index < -0.39 is 5.97 Å². The number of aromatic carboxylic acids is 1. The van der Waals surface area contributed by atoms with Crippen molar-refractivity contribution in [3.63, 3.8) is 0 Å². The van der Waals surface area contributed by atoms with Crippen molar-refractivity contribution in [2.24, 2.45) is 5.73 Å². The Bertz CT molecular complexity index is 389. The topological polar surface area (TPSA) is 66.6 Å². The Balaban J connectivity index is 1.96. The number of hydrogen-bond donors (Lipinski definition) is 2. The maximum absolute atomic E-state index is 10.7. The van der Waals surface area contributed by atoms with Crippen molar-refractivity contribution in [2.75, 3.05) is 13.1 Å². The highest BCUT2D eigenvalue weighted by Crippen LogP contribution is 2.13. The van der Waals surface area contributed by atoms with E-state index in [1.54, 1.807) is 12.1 Å². The van der Waals surface area contributed by atoms with Gasteiger partial charge in [-0.3, -0.25) is 4.90 Å². The van der Waals surface area contributed by atoms with E-state index in [2.05, 4.69) is 4.90 Å². The Morgan fingerprint density at radius 2 is 2.12 bits per heavy atom. The number of carboxylic acids is 1. The molecule has 1 fully saturated rings. The molecule has 1 atom stereocenters. The van der Waals surface area contributed by atoms with Gasteiger partial charge in [-0.2, -0.15) is 0 Å². The van der Waals surface area contributed by atoms with Crippen molar-refractivity contribution in [1.82, 2.24) is 4.90 Å². The molecule has 0 unspecified atom stereocenters. The number of likely N-dealkylation sites (tertiary alicyclic amines) is 1. The number of piperidine rings is 1. The van der Waals surface area contributed by atoms with Crippen LogP contribution in [0.2, 0.25) is 0 Å². The molecular weight excluding hydrogens is 216 g/mol. The molecule has 0 aromatic heterocycles. The van der Waals surface area contributed by atoms with Gasteiger partial charge in [-0.15, -0.1) is 0 Å². The van der Waals surface area contributed by atoms with Gasteiger partial charge in [-0.05, 0) is 37.1 Å². The predicted molar refractivity (Wildman–Crippen MR) is 65.9 cm³/mol. The molecule has 4 nitrogen and oxygen atoms in total. The van der Waals surface area contributed by atoms with Gasteiger partial charge < -0.3 is 10.8 Å². The Morgan fingerprint density at radius 3 is 2.71 bits per heavy atom. The van der Waals surface area contributed by atoms with Crippen LogP contribution in [0, 0.1) is 0 Å². The van der Waals surface area contributed by atoms with Crippen LogP contribution in [0.3, 0.4) is 0 Å². The summed E-state index contributed by atoms with van der Waals surface area (Å²) in [6.45, 7) is 2.86. The maximum Gasteiger partial charge on any atom is 0.335 e. The number of hydrogen-bond acceptors (Lipinski definition) is 3. The monoisotopic (exact) mass is 234 g/mol. The molecule has 1 aliphatic heterocycles. The molecule has 1 aliphatic rings. The van der Waals surface area contributed by atoms with Crippen LogP contribution < -0.4 is 5.73 Å². The lowest BCUT2D eigenvalue weighted by Gasteiger charge is -2.30. The summed E-state index contributed by atoms with van der Waals surface area (Å²) in [6.07, 6.45) is 2.25. The summed E-state index contributed by atoms with van der Waals surface area (Å²) in [7, 11) is 0. The summed E-state index contributed by atoms with van der Waals surface area (Å²) in [6, 6.07) is 7.35. The SMILES string of the molecule is N[C@H]1CCCN(Cc2ccc(C(=O)O)cc2)C1. The van der Waals surface area contributed by atoms with Crippen molar-refractivity contribution in [1.29, 1.82) is 0 Å². The Labute approximate surface area is 101 Å². The van der Waals surface area contributed by atoms with Gasteiger partial charge in [-0.25, -0.2) is 4.79 Å². The second-order valence-corrected chi connectivity index (χ2v) is 4.64. The largest absolute Gasteiger partial charge is 0.478 e. The average molecular weight is 234 g/mol. The first kappa shape index (κ1) is 12.1. The minimum atomic E-state index is -0.878. The molecule has 17 heavy (non-hydrogen) atoms. The first-order chi connectivity index (χ1) is 8.15. The predicted octanol–water partition coefficient (Wildman–Crippen LogP) is 1.31. The van der Waals surface area contributed by atoms with Crippen molar-refractivity contribution in [3.05, 3.63) is 35.4 Å². The summed E-state index contributed by atoms with van der Waals surface area (Å²) in [5.74, 6) is -0.878. The first-order valence-electron chi connectivity index (χ1n) is 5.95. The van der Waals surface area contributed by atoms with Crippen LogP contribution in [0.1, 0.15) is 28.8 Å². The molecule has 0 radical (unpaired) electrons. The van der Waals surface area contributed by atoms with E-state index in [9.17, 15) is 4.79 Å². The number of rotatable bonds is 3. The molecule has 0 bridgehead atoms. The molecular formula is C13H18N2O2. The van der Waals surface area contributed by atoms with Crippen LogP contribution in [0.5, 0.6) is 0 Å². The van der Waals surface area contributed by atoms with Gasteiger partial charge in [0, 0.05) is 19.1 Å². The van der Waals surface area contributed by atoms with Crippen LogP contribution in [-0.4, -0.2) is 35.1 Å². The van der Waals surface area contributed by atoms with E-state index in [1.165, 1.54) is 0 Å². The van der Waals surface area contributed by atoms with E-state index in [-0.39, 0.29) is 6.04 Å². The highest BCUT2D eigenvalue weighted by molar-refractivity contribution is 5.87. The summed E-state index contributed by atoms with van der Waals surface area (Å²) >= 11 is 0. The highest BCUT2D eigenvalue weighted by atomic mass is 16.4. The van der Waals surface area contributed by atoms with Gasteiger partial charge in [0.1, 0.15) is 0 Å². The molecule has 0 amide bonds. The van der Waals surface area contributed by atoms with E-state index in [4.69, 9.17) is 10.8 Å². The molecule has 0 aliphatic carbocycles. The molecule has 0 saturated carbocycles. The lowest BCUT2D eigenvalue weighted by Crippen LogP contribution is -2.42. The Morgan fingerprint density at radius 1 is 1.41 bits per heavy atom. The summed E-state index contributed by atoms with van der Waals surface area (Å²) in [5, 5.41) is 8.80. The molecule has 92 valence electrons. The zero-order valence-electron chi connectivity index (χ0n) is 9.80. The lowest BCUT2D eigenvalue weighted by atomic mass is 10.1. The maximum atomic E-state index is 10.7. The second-order valence-electron chi connectivity index (χ2n) is 4.64. The number of nitrogens with zero attached hydrogens (tertiary/aromatic N) is 1. The first-order valence-corrected chi connectivity index (χ1v) is 5.95. The van der Waals surface area contributed by atoms with Crippen LogP contribution in [-0.2, 0) is 6.54 Å². The van der Waals surface area contributed by atoms with E-state index in [0.29, 0.717) is 5.56 Å². The molecule has 2 rings (SSSR count). The van der Waals surface area contributed by atoms with Gasteiger partial charge >= 0.3 is 5.97 Å². The number of nitrogens with two attached hydrogens (primary N) is 1. The molecule has 0 spiro atoms. The van der Waals surface area contributed by atoms with Gasteiger partial charge in [0.2, 0.25) is 0 Å². The number of benzene rings is 1. The van der Waals surface area contributed by atoms with Crippen LogP contribution >= 0.6 is 0 Å². The van der Waals surface area contributed by atoms with E-state index >= 15 is 0 Å². The fourth-order valence-corrected chi connectivity index (χ4v) is 2.25. The van der Waals surface area contributed by atoms with Crippen LogP contribution in [0.25, 0.3) is 0 Å². The fourth-order valence-electron chi connectivity index (χ4n) is 2.25. The number of carboxylic acid groups (broad SMARTS) is 1. The lowest BCUT2D eigenvalue weighted by molar-refractivity contribution is 0.0697. The number of carbonyl (C=O) groups is 1. The average Bonchev–Trinajstić information content (AvgIpc) is 2.29. The Hall–Kier alpha value is -1.39. The summed E-state index contributed by atoms with van der Waals surface area (Å²) < 4.78 is 0. The van der Waals surface area contributed by atoms with E-state index in [1.807, 2.05) is 12.1 Å². The molecule has 4 heteroatoms. The third kappa shape index (κ3) is 3.28. The molecule has 1 aromatic carbocycles. The van der Waals surface area contributed by atoms with Crippen LogP contribution in [0.15, 0.2) is 24.3 Å². The van der Waals surface area contributed by atoms with Crippen molar-refractivity contribution in [3.8, 4) is 0 Å². The van der Waals surface area contributed by atoms with Gasteiger partial charge in [-0.1, -0.05) is 12.1 Å². The standard InChI is InChI=1S/C13H18N2O2/c14-12-2-1-7-15(9-12)8-10-3-5-11(6-4-10)13(16)17/h3-6,12H,1-2,7-9,14H2,(H,16,17)/t12-/m0/s1. The zero-order chi connectivity index (χ0) is 12.3. The minimum Gasteiger partial charge on any atom is -0.478 e. The van der Waals surface area contributed by atoms with Gasteiger partial charge in [0.25, 0.3) is 0 Å². The smallest absolute Gasteiger partial charge is 0.335 e. The molecule has 1 aromatic rings. The van der Waals surface area contributed by atoms with Gasteiger partial charge in [0.15, 0.2) is 0 Å². The normalized spacial score (nSPS) is 21.4. The fraction of sp³-hybridized carbons (Fsp3) is 0.462. The van der Waals surface area contributed by atoms with E-state index in [0.717, 1.165) is 38.0 Å². The Kier molecular flexibility index (Phi) is 3.76. The minimum absolute atomic E-state index is 0.280. The molecule has 1 saturated heterocycles. The second kappa shape index (κ2) is 5.29. The quantitative estimate of drug-likeness (QED) is 0.827. The van der Waals surface area contributed by atoms with Crippen molar-refractivity contribution in [2.45, 2.75) is 25.4 Å². The summed E-state index contributed by atoms with van der Waals surface area (Å²) in [4.78, 5) is 13.0. The zero-order valence-corrected chi connectivity index (χ0v) is 9.80. The van der Waals surface area contributed by atoms with Crippen LogP contribution in [0.4, 0.5) is 0 Å².